The fourth-order valence-corrected chi connectivity index (χ4v) is 2.55. The van der Waals surface area contributed by atoms with E-state index in [2.05, 4.69) is 15.3 Å². The van der Waals surface area contributed by atoms with Crippen LogP contribution in [0.25, 0.3) is 11.4 Å². The molecule has 0 amide bonds. The van der Waals surface area contributed by atoms with Crippen LogP contribution in [0.1, 0.15) is 30.3 Å². The molecule has 0 saturated carbocycles. The van der Waals surface area contributed by atoms with E-state index in [-0.39, 0.29) is 17.9 Å². The highest BCUT2D eigenvalue weighted by molar-refractivity contribution is 5.92. The Bertz CT molecular complexity index is 641. The van der Waals surface area contributed by atoms with Crippen molar-refractivity contribution in [3.8, 4) is 11.4 Å². The Balaban J connectivity index is 1.95. The van der Waals surface area contributed by atoms with Crippen LogP contribution in [-0.2, 0) is 11.3 Å². The van der Waals surface area contributed by atoms with Crippen molar-refractivity contribution in [2.24, 2.45) is 0 Å². The molecule has 21 heavy (non-hydrogen) atoms. The monoisotopic (exact) mass is 288 g/mol. The van der Waals surface area contributed by atoms with Crippen LogP contribution in [0.5, 0.6) is 0 Å². The third kappa shape index (κ3) is 2.78. The molecule has 0 spiro atoms. The van der Waals surface area contributed by atoms with Crippen LogP contribution in [0.2, 0.25) is 0 Å². The molecule has 7 heteroatoms. The SMILES string of the molecule is CC1CCC(Cn2nnc(C(=O)O)c2-c2ccccn2)O1. The predicted octanol–water partition coefficient (Wildman–Crippen LogP) is 1.61. The van der Waals surface area contributed by atoms with Crippen molar-refractivity contribution >= 4 is 5.97 Å². The maximum Gasteiger partial charge on any atom is 0.358 e. The summed E-state index contributed by atoms with van der Waals surface area (Å²) in [5.41, 5.74) is 0.886. The lowest BCUT2D eigenvalue weighted by Gasteiger charge is -2.12. The molecule has 1 fully saturated rings. The third-order valence-electron chi connectivity index (χ3n) is 3.54. The minimum atomic E-state index is -1.11. The summed E-state index contributed by atoms with van der Waals surface area (Å²) < 4.78 is 7.35. The molecule has 3 heterocycles. The van der Waals surface area contributed by atoms with E-state index in [0.717, 1.165) is 12.8 Å². The van der Waals surface area contributed by atoms with Crippen molar-refractivity contribution in [2.45, 2.75) is 38.5 Å². The maximum atomic E-state index is 11.3. The van der Waals surface area contributed by atoms with E-state index >= 15 is 0 Å². The van der Waals surface area contributed by atoms with E-state index in [1.54, 1.807) is 29.1 Å². The summed E-state index contributed by atoms with van der Waals surface area (Å²) in [6.07, 6.45) is 3.82. The first-order chi connectivity index (χ1) is 10.1. The Hall–Kier alpha value is -2.28. The maximum absolute atomic E-state index is 11.3. The Morgan fingerprint density at radius 2 is 2.33 bits per heavy atom. The van der Waals surface area contributed by atoms with Crippen molar-refractivity contribution in [3.05, 3.63) is 30.1 Å². The highest BCUT2D eigenvalue weighted by Crippen LogP contribution is 2.24. The first-order valence-electron chi connectivity index (χ1n) is 6.89. The Labute approximate surface area is 121 Å². The summed E-state index contributed by atoms with van der Waals surface area (Å²) in [7, 11) is 0. The van der Waals surface area contributed by atoms with Crippen LogP contribution in [0.4, 0.5) is 0 Å². The molecule has 0 bridgehead atoms. The van der Waals surface area contributed by atoms with Gasteiger partial charge < -0.3 is 9.84 Å². The second-order valence-corrected chi connectivity index (χ2v) is 5.13. The highest BCUT2D eigenvalue weighted by atomic mass is 16.5. The third-order valence-corrected chi connectivity index (χ3v) is 3.54. The molecule has 0 aromatic carbocycles. The number of carboxylic acids is 1. The molecule has 1 aliphatic rings. The van der Waals surface area contributed by atoms with Gasteiger partial charge in [0, 0.05) is 6.20 Å². The number of pyridine rings is 1. The zero-order valence-electron chi connectivity index (χ0n) is 11.6. The standard InChI is InChI=1S/C14H16N4O3/c1-9-5-6-10(21-9)8-18-13(11-4-2-3-7-15-11)12(14(19)20)16-17-18/h2-4,7,9-10H,5-6,8H2,1H3,(H,19,20). The fraction of sp³-hybridized carbons (Fsp3) is 0.429. The van der Waals surface area contributed by atoms with Crippen LogP contribution in [0, 0.1) is 0 Å². The molecule has 1 N–H and O–H groups in total. The summed E-state index contributed by atoms with van der Waals surface area (Å²) in [5.74, 6) is -1.11. The van der Waals surface area contributed by atoms with Crippen molar-refractivity contribution in [2.75, 3.05) is 0 Å². The molecule has 1 aliphatic heterocycles. The van der Waals surface area contributed by atoms with Gasteiger partial charge in [0.05, 0.1) is 24.4 Å². The smallest absolute Gasteiger partial charge is 0.358 e. The molecular formula is C14H16N4O3. The number of carboxylic acid groups (broad SMARTS) is 1. The zero-order valence-corrected chi connectivity index (χ0v) is 11.6. The van der Waals surface area contributed by atoms with Gasteiger partial charge in [0.1, 0.15) is 5.69 Å². The Morgan fingerprint density at radius 1 is 1.48 bits per heavy atom. The summed E-state index contributed by atoms with van der Waals surface area (Å²) in [6.45, 7) is 2.51. The van der Waals surface area contributed by atoms with Crippen LogP contribution >= 0.6 is 0 Å². The lowest BCUT2D eigenvalue weighted by molar-refractivity contribution is 0.0436. The number of hydrogen-bond donors (Lipinski definition) is 1. The van der Waals surface area contributed by atoms with Crippen LogP contribution in [0.15, 0.2) is 24.4 Å². The van der Waals surface area contributed by atoms with Gasteiger partial charge in [-0.05, 0) is 31.9 Å². The van der Waals surface area contributed by atoms with Crippen LogP contribution < -0.4 is 0 Å². The fourth-order valence-electron chi connectivity index (χ4n) is 2.55. The van der Waals surface area contributed by atoms with Crippen molar-refractivity contribution in [1.82, 2.24) is 20.0 Å². The van der Waals surface area contributed by atoms with Gasteiger partial charge in [-0.3, -0.25) is 4.98 Å². The van der Waals surface area contributed by atoms with E-state index in [1.165, 1.54) is 0 Å². The second kappa shape index (κ2) is 5.61. The van der Waals surface area contributed by atoms with Gasteiger partial charge in [-0.2, -0.15) is 0 Å². The number of aromatic nitrogens is 4. The topological polar surface area (TPSA) is 90.1 Å². The number of hydrogen-bond acceptors (Lipinski definition) is 5. The molecule has 110 valence electrons. The second-order valence-electron chi connectivity index (χ2n) is 5.13. The lowest BCUT2D eigenvalue weighted by Crippen LogP contribution is -2.18. The molecule has 2 aromatic rings. The average Bonchev–Trinajstić information content (AvgIpc) is 3.07. The minimum Gasteiger partial charge on any atom is -0.476 e. The predicted molar refractivity (Wildman–Crippen MR) is 73.8 cm³/mol. The van der Waals surface area contributed by atoms with Crippen molar-refractivity contribution < 1.29 is 14.6 Å². The summed E-state index contributed by atoms with van der Waals surface area (Å²) in [6, 6.07) is 5.33. The zero-order chi connectivity index (χ0) is 14.8. The quantitative estimate of drug-likeness (QED) is 0.919. The average molecular weight is 288 g/mol. The van der Waals surface area contributed by atoms with E-state index in [0.29, 0.717) is 17.9 Å². The van der Waals surface area contributed by atoms with Gasteiger partial charge in [0.15, 0.2) is 5.69 Å². The largest absolute Gasteiger partial charge is 0.476 e. The van der Waals surface area contributed by atoms with Crippen LogP contribution in [0.3, 0.4) is 0 Å². The van der Waals surface area contributed by atoms with Gasteiger partial charge in [0.2, 0.25) is 0 Å². The molecule has 0 aliphatic carbocycles. The minimum absolute atomic E-state index is 0.0332. The first kappa shape index (κ1) is 13.7. The van der Waals surface area contributed by atoms with E-state index in [4.69, 9.17) is 4.74 Å². The molecule has 2 aromatic heterocycles. The van der Waals surface area contributed by atoms with Crippen molar-refractivity contribution in [3.63, 3.8) is 0 Å². The molecular weight excluding hydrogens is 272 g/mol. The Kier molecular flexibility index (Phi) is 3.66. The van der Waals surface area contributed by atoms with E-state index in [1.807, 2.05) is 6.92 Å². The van der Waals surface area contributed by atoms with Crippen molar-refractivity contribution in [1.29, 1.82) is 0 Å². The van der Waals surface area contributed by atoms with Gasteiger partial charge in [-0.1, -0.05) is 11.3 Å². The molecule has 3 rings (SSSR count). The number of rotatable bonds is 4. The van der Waals surface area contributed by atoms with Crippen LogP contribution in [-0.4, -0.2) is 43.3 Å². The molecule has 7 nitrogen and oxygen atoms in total. The number of carbonyl (C=O) groups is 1. The van der Waals surface area contributed by atoms with Gasteiger partial charge in [-0.25, -0.2) is 9.48 Å². The lowest BCUT2D eigenvalue weighted by atomic mass is 10.2. The summed E-state index contributed by atoms with van der Waals surface area (Å²) in [5, 5.41) is 17.0. The highest BCUT2D eigenvalue weighted by Gasteiger charge is 2.27. The number of ether oxygens (including phenoxy) is 1. The number of aromatic carboxylic acids is 1. The van der Waals surface area contributed by atoms with E-state index in [9.17, 15) is 9.90 Å². The van der Waals surface area contributed by atoms with E-state index < -0.39 is 5.97 Å². The summed E-state index contributed by atoms with van der Waals surface area (Å²) >= 11 is 0. The first-order valence-corrected chi connectivity index (χ1v) is 6.89. The number of nitrogens with zero attached hydrogens (tertiary/aromatic N) is 4. The molecule has 2 unspecified atom stereocenters. The normalized spacial score (nSPS) is 21.6. The summed E-state index contributed by atoms with van der Waals surface area (Å²) in [4.78, 5) is 15.5. The van der Waals surface area contributed by atoms with Gasteiger partial charge >= 0.3 is 5.97 Å². The Morgan fingerprint density at radius 3 is 2.95 bits per heavy atom. The molecule has 2 atom stereocenters. The molecule has 0 radical (unpaired) electrons. The molecule has 1 saturated heterocycles. The van der Waals surface area contributed by atoms with Gasteiger partial charge in [-0.15, -0.1) is 5.10 Å². The van der Waals surface area contributed by atoms with Gasteiger partial charge in [0.25, 0.3) is 0 Å².